The molecule has 0 spiro atoms. The molecule has 1 atom stereocenters. The summed E-state index contributed by atoms with van der Waals surface area (Å²) in [6.45, 7) is 2.90. The highest BCUT2D eigenvalue weighted by molar-refractivity contribution is 5.85. The molecule has 2 N–H and O–H groups in total. The Morgan fingerprint density at radius 3 is 2.50 bits per heavy atom. The first-order valence-corrected chi connectivity index (χ1v) is 8.79. The van der Waals surface area contributed by atoms with E-state index in [0.717, 1.165) is 11.3 Å². The summed E-state index contributed by atoms with van der Waals surface area (Å²) >= 11 is 0. The molecule has 0 radical (unpaired) electrons. The first-order valence-electron chi connectivity index (χ1n) is 8.79. The highest BCUT2D eigenvalue weighted by Crippen LogP contribution is 2.17. The van der Waals surface area contributed by atoms with E-state index in [1.165, 1.54) is 4.90 Å². The Labute approximate surface area is 154 Å². The molecule has 2 amide bonds. The molecule has 0 bridgehead atoms. The van der Waals surface area contributed by atoms with Gasteiger partial charge < -0.3 is 15.5 Å². The zero-order valence-corrected chi connectivity index (χ0v) is 15.3. The van der Waals surface area contributed by atoms with Crippen molar-refractivity contribution < 1.29 is 9.59 Å². The number of hydrogen-bond acceptors (Lipinski definition) is 4. The topological polar surface area (TPSA) is 74.3 Å². The highest BCUT2D eigenvalue weighted by Gasteiger charge is 2.18. The summed E-state index contributed by atoms with van der Waals surface area (Å²) in [5, 5.41) is 6.00. The summed E-state index contributed by atoms with van der Waals surface area (Å²) in [7, 11) is 1.63. The first kappa shape index (κ1) is 19.6. The lowest BCUT2D eigenvalue weighted by Crippen LogP contribution is -2.43. The van der Waals surface area contributed by atoms with Crippen LogP contribution in [0.25, 0.3) is 0 Å². The summed E-state index contributed by atoms with van der Waals surface area (Å²) < 4.78 is 0. The summed E-state index contributed by atoms with van der Waals surface area (Å²) in [6, 6.07) is 15.3. The van der Waals surface area contributed by atoms with Gasteiger partial charge in [-0.05, 0) is 24.2 Å². The number of nitrogens with zero attached hydrogens (tertiary/aromatic N) is 2. The summed E-state index contributed by atoms with van der Waals surface area (Å²) in [5.74, 6) is -0.301. The normalized spacial score (nSPS) is 11.6. The van der Waals surface area contributed by atoms with Crippen LogP contribution in [0, 0.1) is 0 Å². The number of likely N-dealkylation sites (N-methyl/N-ethyl adjacent to an activating group) is 2. The van der Waals surface area contributed by atoms with Gasteiger partial charge in [0.25, 0.3) is 0 Å². The third kappa shape index (κ3) is 6.29. The molecule has 1 aromatic carbocycles. The predicted octanol–water partition coefficient (Wildman–Crippen LogP) is 1.55. The molecule has 0 fully saturated rings. The van der Waals surface area contributed by atoms with E-state index in [1.807, 2.05) is 55.5 Å². The third-order valence-electron chi connectivity index (χ3n) is 4.01. The van der Waals surface area contributed by atoms with Crippen LogP contribution in [-0.4, -0.2) is 48.4 Å². The molecule has 0 saturated carbocycles. The van der Waals surface area contributed by atoms with E-state index in [2.05, 4.69) is 15.6 Å². The van der Waals surface area contributed by atoms with Crippen molar-refractivity contribution in [1.29, 1.82) is 0 Å². The molecule has 1 heterocycles. The van der Waals surface area contributed by atoms with Crippen LogP contribution in [0.4, 0.5) is 0 Å². The number of aromatic nitrogens is 1. The lowest BCUT2D eigenvalue weighted by Gasteiger charge is -2.22. The quantitative estimate of drug-likeness (QED) is 0.716. The van der Waals surface area contributed by atoms with E-state index in [9.17, 15) is 9.59 Å². The van der Waals surface area contributed by atoms with Gasteiger partial charge in [-0.3, -0.25) is 14.6 Å². The molecular formula is C20H26N4O2. The summed E-state index contributed by atoms with van der Waals surface area (Å²) in [4.78, 5) is 30.2. The van der Waals surface area contributed by atoms with Gasteiger partial charge in [0.05, 0.1) is 19.1 Å². The average molecular weight is 354 g/mol. The number of benzene rings is 1. The number of carbonyl (C=O) groups is 2. The molecule has 0 aliphatic heterocycles. The van der Waals surface area contributed by atoms with Crippen LogP contribution in [0.1, 0.15) is 24.2 Å². The van der Waals surface area contributed by atoms with Crippen molar-refractivity contribution in [2.45, 2.75) is 19.4 Å². The van der Waals surface area contributed by atoms with Crippen LogP contribution < -0.4 is 10.6 Å². The molecule has 0 aliphatic carbocycles. The van der Waals surface area contributed by atoms with E-state index in [-0.39, 0.29) is 30.9 Å². The molecule has 1 aromatic heterocycles. The Hall–Kier alpha value is -2.73. The average Bonchev–Trinajstić information content (AvgIpc) is 2.67. The minimum absolute atomic E-state index is 0.0236. The minimum Gasteiger partial charge on any atom is -0.347 e. The van der Waals surface area contributed by atoms with Crippen LogP contribution >= 0.6 is 0 Å². The van der Waals surface area contributed by atoms with E-state index in [0.29, 0.717) is 13.0 Å². The van der Waals surface area contributed by atoms with E-state index < -0.39 is 0 Å². The van der Waals surface area contributed by atoms with Gasteiger partial charge in [0.1, 0.15) is 0 Å². The maximum atomic E-state index is 12.5. The monoisotopic (exact) mass is 354 g/mol. The Bertz CT molecular complexity index is 691. The summed E-state index contributed by atoms with van der Waals surface area (Å²) in [5.41, 5.74) is 1.91. The Morgan fingerprint density at radius 2 is 1.85 bits per heavy atom. The Morgan fingerprint density at radius 1 is 1.12 bits per heavy atom. The highest BCUT2D eigenvalue weighted by atomic mass is 16.2. The van der Waals surface area contributed by atoms with Gasteiger partial charge >= 0.3 is 0 Å². The van der Waals surface area contributed by atoms with Crippen LogP contribution in [-0.2, 0) is 16.0 Å². The number of carbonyl (C=O) groups excluding carboxylic acids is 2. The maximum Gasteiger partial charge on any atom is 0.240 e. The van der Waals surface area contributed by atoms with Gasteiger partial charge in [-0.1, -0.05) is 43.3 Å². The van der Waals surface area contributed by atoms with E-state index >= 15 is 0 Å². The van der Waals surface area contributed by atoms with E-state index in [1.54, 1.807) is 13.2 Å². The largest absolute Gasteiger partial charge is 0.347 e. The second-order valence-corrected chi connectivity index (χ2v) is 6.09. The fraction of sp³-hybridized carbons (Fsp3) is 0.350. The van der Waals surface area contributed by atoms with Crippen LogP contribution in [0.15, 0.2) is 54.7 Å². The zero-order valence-electron chi connectivity index (χ0n) is 15.3. The molecule has 1 unspecified atom stereocenters. The van der Waals surface area contributed by atoms with Gasteiger partial charge in [0, 0.05) is 25.4 Å². The number of amides is 2. The number of hydrogen-bond donors (Lipinski definition) is 2. The zero-order chi connectivity index (χ0) is 18.8. The molecule has 138 valence electrons. The molecule has 6 nitrogen and oxygen atoms in total. The lowest BCUT2D eigenvalue weighted by atomic mass is 10.0. The molecule has 26 heavy (non-hydrogen) atoms. The molecule has 0 saturated heterocycles. The molecule has 2 aromatic rings. The van der Waals surface area contributed by atoms with Gasteiger partial charge in [0.2, 0.25) is 11.8 Å². The minimum atomic E-state index is -0.198. The van der Waals surface area contributed by atoms with Gasteiger partial charge in [0.15, 0.2) is 0 Å². The number of rotatable bonds is 9. The maximum absolute atomic E-state index is 12.5. The van der Waals surface area contributed by atoms with Crippen LogP contribution in [0.5, 0.6) is 0 Å². The molecule has 0 aliphatic rings. The number of nitrogens with one attached hydrogen (secondary N) is 2. The lowest BCUT2D eigenvalue weighted by molar-refractivity contribution is -0.134. The Balaban J connectivity index is 2.02. The Kier molecular flexibility index (Phi) is 7.76. The standard InChI is InChI=1S/C20H26N4O2/c1-3-21-14-20(26)24(2)15-19(25)23-18(16-9-5-4-6-10-16)13-17-11-7-8-12-22-17/h4-12,18,21H,3,13-15H2,1-2H3,(H,23,25). The van der Waals surface area contributed by atoms with Gasteiger partial charge in [-0.25, -0.2) is 0 Å². The number of pyridine rings is 1. The van der Waals surface area contributed by atoms with E-state index in [4.69, 9.17) is 0 Å². The van der Waals surface area contributed by atoms with Crippen molar-refractivity contribution >= 4 is 11.8 Å². The van der Waals surface area contributed by atoms with Gasteiger partial charge in [-0.2, -0.15) is 0 Å². The first-order chi connectivity index (χ1) is 12.6. The van der Waals surface area contributed by atoms with Crippen molar-refractivity contribution in [3.8, 4) is 0 Å². The predicted molar refractivity (Wildman–Crippen MR) is 101 cm³/mol. The van der Waals surface area contributed by atoms with Crippen LogP contribution in [0.2, 0.25) is 0 Å². The van der Waals surface area contributed by atoms with Crippen molar-refractivity contribution in [3.63, 3.8) is 0 Å². The second kappa shape index (κ2) is 10.3. The molecule has 2 rings (SSSR count). The van der Waals surface area contributed by atoms with Crippen molar-refractivity contribution in [2.75, 3.05) is 26.7 Å². The van der Waals surface area contributed by atoms with Crippen molar-refractivity contribution in [2.24, 2.45) is 0 Å². The second-order valence-electron chi connectivity index (χ2n) is 6.09. The third-order valence-corrected chi connectivity index (χ3v) is 4.01. The fourth-order valence-electron chi connectivity index (χ4n) is 2.58. The van der Waals surface area contributed by atoms with Crippen molar-refractivity contribution in [1.82, 2.24) is 20.5 Å². The summed E-state index contributed by atoms with van der Waals surface area (Å²) in [6.07, 6.45) is 2.33. The van der Waals surface area contributed by atoms with Crippen LogP contribution in [0.3, 0.4) is 0 Å². The molecule has 6 heteroatoms. The smallest absolute Gasteiger partial charge is 0.240 e. The van der Waals surface area contributed by atoms with Crippen molar-refractivity contribution in [3.05, 3.63) is 66.0 Å². The SMILES string of the molecule is CCNCC(=O)N(C)CC(=O)NC(Cc1ccccn1)c1ccccc1. The fourth-order valence-corrected chi connectivity index (χ4v) is 2.58. The molecular weight excluding hydrogens is 328 g/mol. The van der Waals surface area contributed by atoms with Gasteiger partial charge in [-0.15, -0.1) is 0 Å².